The molecule has 0 radical (unpaired) electrons. The summed E-state index contributed by atoms with van der Waals surface area (Å²) in [5.41, 5.74) is -2.16. The zero-order valence-electron chi connectivity index (χ0n) is 44.5. The van der Waals surface area contributed by atoms with E-state index < -0.39 is 160 Å². The number of hydrogen-bond donors (Lipinski definition) is 13. The van der Waals surface area contributed by atoms with Crippen LogP contribution in [-0.2, 0) is 42.6 Å². The molecule has 5 saturated heterocycles. The Morgan fingerprint density at radius 1 is 0.520 bits per heavy atom. The first-order valence-electron chi connectivity index (χ1n) is 27.7. The van der Waals surface area contributed by atoms with E-state index in [2.05, 4.69) is 41.5 Å². The number of aliphatic hydroxyl groups excluding tert-OH is 13. The summed E-state index contributed by atoms with van der Waals surface area (Å²) < 4.78 is 56.3. The normalized spacial score (nSPS) is 58.6. The molecule has 5 aliphatic heterocycles. The maximum Gasteiger partial charge on any atom is 0.187 e. The van der Waals surface area contributed by atoms with Gasteiger partial charge in [0.25, 0.3) is 0 Å². The van der Waals surface area contributed by atoms with E-state index in [4.69, 9.17) is 42.6 Å². The second-order valence-corrected chi connectivity index (χ2v) is 26.4. The van der Waals surface area contributed by atoms with Crippen molar-refractivity contribution in [1.82, 2.24) is 0 Å². The lowest BCUT2D eigenvalue weighted by Crippen LogP contribution is -2.74. The zero-order valence-corrected chi connectivity index (χ0v) is 44.5. The Balaban J connectivity index is 0.901. The van der Waals surface area contributed by atoms with Crippen molar-refractivity contribution in [3.05, 3.63) is 0 Å². The van der Waals surface area contributed by atoms with E-state index in [-0.39, 0.29) is 51.4 Å². The molecular formula is C53H88O22. The van der Waals surface area contributed by atoms with Crippen LogP contribution in [0.25, 0.3) is 0 Å². The van der Waals surface area contributed by atoms with E-state index in [1.54, 1.807) is 0 Å². The van der Waals surface area contributed by atoms with Crippen LogP contribution in [0.5, 0.6) is 0 Å². The largest absolute Gasteiger partial charge is 0.396 e. The van der Waals surface area contributed by atoms with Gasteiger partial charge in [-0.05, 0) is 111 Å². The Labute approximate surface area is 438 Å². The Hall–Kier alpha value is -0.880. The van der Waals surface area contributed by atoms with Gasteiger partial charge in [0.1, 0.15) is 85.5 Å². The summed E-state index contributed by atoms with van der Waals surface area (Å²) >= 11 is 0. The third kappa shape index (κ3) is 8.62. The Morgan fingerprint density at radius 3 is 1.77 bits per heavy atom. The first-order valence-corrected chi connectivity index (χ1v) is 27.7. The van der Waals surface area contributed by atoms with Crippen molar-refractivity contribution in [3.63, 3.8) is 0 Å². The number of hydrogen-bond acceptors (Lipinski definition) is 22. The zero-order chi connectivity index (χ0) is 54.3. The molecule has 30 atom stereocenters. The van der Waals surface area contributed by atoms with Crippen molar-refractivity contribution >= 4 is 0 Å². The van der Waals surface area contributed by atoms with Crippen molar-refractivity contribution in [3.8, 4) is 0 Å². The lowest BCUT2D eigenvalue weighted by molar-refractivity contribution is -0.394. The number of ether oxygens (including phenoxy) is 9. The molecular weight excluding hydrogens is 989 g/mol. The van der Waals surface area contributed by atoms with Gasteiger partial charge in [0.2, 0.25) is 0 Å². The summed E-state index contributed by atoms with van der Waals surface area (Å²) in [5.74, 6) is 0.556. The summed E-state index contributed by atoms with van der Waals surface area (Å²) in [6.07, 6.45) is -23.9. The Morgan fingerprint density at radius 2 is 1.12 bits per heavy atom. The summed E-state index contributed by atoms with van der Waals surface area (Å²) in [6.45, 7) is 13.9. The molecule has 1 spiro atoms. The monoisotopic (exact) mass is 1080 g/mol. The predicted octanol–water partition coefficient (Wildman–Crippen LogP) is -1.71. The Kier molecular flexibility index (Phi) is 15.5. The van der Waals surface area contributed by atoms with Crippen molar-refractivity contribution in [2.75, 3.05) is 33.0 Å². The second-order valence-electron chi connectivity index (χ2n) is 26.4. The van der Waals surface area contributed by atoms with Crippen LogP contribution in [0.1, 0.15) is 113 Å². The molecule has 10 rings (SSSR count). The molecule has 2 bridgehead atoms. The number of aliphatic hydroxyl groups is 13. The summed E-state index contributed by atoms with van der Waals surface area (Å²) in [4.78, 5) is 0. The van der Waals surface area contributed by atoms with Gasteiger partial charge >= 0.3 is 0 Å². The molecule has 0 amide bonds. The van der Waals surface area contributed by atoms with Gasteiger partial charge in [0.15, 0.2) is 25.2 Å². The topological polar surface area (TPSA) is 346 Å². The van der Waals surface area contributed by atoms with Crippen molar-refractivity contribution < 1.29 is 109 Å². The highest BCUT2D eigenvalue weighted by atomic mass is 16.8. The van der Waals surface area contributed by atoms with E-state index in [0.29, 0.717) is 19.4 Å². The maximum absolute atomic E-state index is 12.4. The number of fused-ring (bicyclic) bond motifs is 4. The minimum atomic E-state index is -1.88. The van der Waals surface area contributed by atoms with Gasteiger partial charge in [-0.3, -0.25) is 0 Å². The fraction of sp³-hybridized carbons (Fsp3) is 1.00. The van der Waals surface area contributed by atoms with Crippen LogP contribution in [0.2, 0.25) is 0 Å². The molecule has 13 N–H and O–H groups in total. The van der Waals surface area contributed by atoms with Gasteiger partial charge in [-0.2, -0.15) is 0 Å². The third-order valence-corrected chi connectivity index (χ3v) is 22.5. The highest BCUT2D eigenvalue weighted by Crippen LogP contribution is 2.80. The maximum atomic E-state index is 12.4. The third-order valence-electron chi connectivity index (χ3n) is 22.5. The molecule has 22 heteroatoms. The predicted molar refractivity (Wildman–Crippen MR) is 256 cm³/mol. The van der Waals surface area contributed by atoms with Crippen LogP contribution in [0, 0.1) is 50.2 Å². The lowest BCUT2D eigenvalue weighted by Gasteiger charge is -2.75. The molecule has 10 fully saturated rings. The Bertz CT molecular complexity index is 2020. The molecule has 0 unspecified atom stereocenters. The molecule has 0 aromatic carbocycles. The molecule has 10 aliphatic rings. The highest BCUT2D eigenvalue weighted by molar-refractivity contribution is 5.28. The van der Waals surface area contributed by atoms with Crippen molar-refractivity contribution in [1.29, 1.82) is 0 Å². The molecule has 5 heterocycles. The van der Waals surface area contributed by atoms with Crippen molar-refractivity contribution in [2.24, 2.45) is 50.2 Å². The smallest absolute Gasteiger partial charge is 0.187 e. The fourth-order valence-corrected chi connectivity index (χ4v) is 17.7. The van der Waals surface area contributed by atoms with Gasteiger partial charge in [-0.1, -0.05) is 41.5 Å². The molecule has 75 heavy (non-hydrogen) atoms. The SMILES string of the molecule is C[C@@H]1O[C@@H](O[C@H]2[C@H](O[C@H]3CO[C@@H](O[C@H]4CC[C@]5(C)[C@H]6CC[C@]78OC[C@@]9(CC[C@](C)(CO)C[C@H]97)[C@H](O)C[C@@]8(C)[C@]6(C)CC[C@H]5C4(C)C)[C@H](O[C@@H]4O[C@H](CO)[C@@H](O)[C@H](O)[C@H]4O)[C@H]3O)O[C@H](CO)[C@@H](O)[C@@H]2O)[C@H](O)[C@H](O)[C@H]1O. The summed E-state index contributed by atoms with van der Waals surface area (Å²) in [6, 6.07) is 0. The van der Waals surface area contributed by atoms with Gasteiger partial charge in [0, 0.05) is 17.4 Å². The van der Waals surface area contributed by atoms with E-state index >= 15 is 0 Å². The van der Waals surface area contributed by atoms with Crippen LogP contribution in [0.15, 0.2) is 0 Å². The molecule has 0 aromatic heterocycles. The standard InChI is InChI=1S/C53H88O22/c1-23-32(58)36(62)39(65)43(69-23)75-42-38(64)34(60)25(19-55)71-46(42)72-26-20-67-45(41(35(26)61)74-44-40(66)37(63)33(59)24(18-54)70-44)73-31-10-11-49(5)27(47(31,2)3)8-12-50(6)28(49)9-13-53-29-16-48(4,21-56)14-15-52(29,22-68-53)30(57)17-51(50,53)7/h23-46,54-66H,8-22H2,1-7H3/t23-,24+,25+,26-,27-,28+,29+,30+,31-,32-,33+,34+,35-,36+,37-,38-,39+,40+,41+,42+,43-,44-,45-,46-,48-,49-,50+,51-,52+,53-/m0/s1. The van der Waals surface area contributed by atoms with E-state index in [9.17, 15) is 66.4 Å². The lowest BCUT2D eigenvalue weighted by atomic mass is 9.30. The van der Waals surface area contributed by atoms with Crippen LogP contribution >= 0.6 is 0 Å². The van der Waals surface area contributed by atoms with E-state index in [0.717, 1.165) is 51.4 Å². The van der Waals surface area contributed by atoms with Crippen LogP contribution < -0.4 is 0 Å². The van der Waals surface area contributed by atoms with E-state index in [1.165, 1.54) is 6.92 Å². The second kappa shape index (κ2) is 20.2. The molecule has 22 nitrogen and oxygen atoms in total. The quantitative estimate of drug-likeness (QED) is 0.102. The molecule has 0 aromatic rings. The van der Waals surface area contributed by atoms with Gasteiger partial charge in [-0.25, -0.2) is 0 Å². The molecule has 5 saturated carbocycles. The molecule has 432 valence electrons. The molecule has 5 aliphatic carbocycles. The van der Waals surface area contributed by atoms with Crippen molar-refractivity contribution in [2.45, 2.75) is 247 Å². The van der Waals surface area contributed by atoms with Crippen LogP contribution in [0.3, 0.4) is 0 Å². The first-order chi connectivity index (χ1) is 35.2. The first kappa shape index (κ1) is 57.4. The highest BCUT2D eigenvalue weighted by Gasteiger charge is 2.80. The van der Waals surface area contributed by atoms with Gasteiger partial charge < -0.3 is 109 Å². The average molecular weight is 1080 g/mol. The van der Waals surface area contributed by atoms with E-state index in [1.807, 2.05) is 0 Å². The minimum absolute atomic E-state index is 0.108. The van der Waals surface area contributed by atoms with Gasteiger partial charge in [-0.15, -0.1) is 0 Å². The average Bonchev–Trinajstić information content (AvgIpc) is 3.66. The summed E-state index contributed by atoms with van der Waals surface area (Å²) in [7, 11) is 0. The number of rotatable bonds is 11. The fourth-order valence-electron chi connectivity index (χ4n) is 17.7. The van der Waals surface area contributed by atoms with Crippen LogP contribution in [0.4, 0.5) is 0 Å². The van der Waals surface area contributed by atoms with Crippen LogP contribution in [-0.4, -0.2) is 234 Å². The van der Waals surface area contributed by atoms with Gasteiger partial charge in [0.05, 0.1) is 50.3 Å². The summed E-state index contributed by atoms with van der Waals surface area (Å²) in [5, 5.41) is 142. The minimum Gasteiger partial charge on any atom is -0.396 e.